The Hall–Kier alpha value is -2.44. The van der Waals surface area contributed by atoms with E-state index in [2.05, 4.69) is 9.71 Å². The number of nitrogens with zero attached hydrogens (tertiary/aromatic N) is 2. The maximum atomic E-state index is 12.3. The van der Waals surface area contributed by atoms with Crippen molar-refractivity contribution in [2.75, 3.05) is 0 Å². The lowest BCUT2D eigenvalue weighted by atomic mass is 10.2. The highest BCUT2D eigenvalue weighted by Crippen LogP contribution is 2.12. The molecule has 24 heavy (non-hydrogen) atoms. The van der Waals surface area contributed by atoms with Gasteiger partial charge in [0, 0.05) is 24.6 Å². The Bertz CT molecular complexity index is 919. The highest BCUT2D eigenvalue weighted by Gasteiger charge is 2.11. The van der Waals surface area contributed by atoms with Gasteiger partial charge in [-0.05, 0) is 30.2 Å². The van der Waals surface area contributed by atoms with Gasteiger partial charge in [0.15, 0.2) is 0 Å². The molecule has 1 N–H and O–H groups in total. The van der Waals surface area contributed by atoms with Crippen molar-refractivity contribution in [3.8, 4) is 5.69 Å². The molecule has 3 aromatic rings. The summed E-state index contributed by atoms with van der Waals surface area (Å²) in [5, 5.41) is 0. The van der Waals surface area contributed by atoms with E-state index in [1.54, 1.807) is 12.5 Å². The van der Waals surface area contributed by atoms with Crippen LogP contribution in [0.15, 0.2) is 67.3 Å². The molecule has 0 aliphatic rings. The van der Waals surface area contributed by atoms with Crippen molar-refractivity contribution in [2.45, 2.75) is 19.2 Å². The Labute approximate surface area is 142 Å². The largest absolute Gasteiger partial charge is 0.306 e. The molecule has 0 amide bonds. The van der Waals surface area contributed by atoms with Crippen molar-refractivity contribution in [1.82, 2.24) is 14.3 Å². The standard InChI is InChI=1S/C18H19N3O2S/c1-15-4-2-6-17(10-15)13-24(22,23)20-12-16-5-3-7-18(11-16)21-9-8-19-14-21/h2-11,14,20H,12-13H2,1H3. The van der Waals surface area contributed by atoms with Crippen molar-refractivity contribution >= 4 is 10.0 Å². The van der Waals surface area contributed by atoms with E-state index in [0.29, 0.717) is 0 Å². The summed E-state index contributed by atoms with van der Waals surface area (Å²) in [6.45, 7) is 2.21. The molecule has 0 spiro atoms. The quantitative estimate of drug-likeness (QED) is 0.750. The molecule has 124 valence electrons. The van der Waals surface area contributed by atoms with Crippen LogP contribution >= 0.6 is 0 Å². The zero-order valence-electron chi connectivity index (χ0n) is 13.4. The van der Waals surface area contributed by atoms with E-state index in [9.17, 15) is 8.42 Å². The van der Waals surface area contributed by atoms with E-state index in [1.165, 1.54) is 0 Å². The van der Waals surface area contributed by atoms with Gasteiger partial charge in [-0.2, -0.15) is 0 Å². The third-order valence-electron chi connectivity index (χ3n) is 3.65. The maximum absolute atomic E-state index is 12.3. The van der Waals surface area contributed by atoms with Gasteiger partial charge in [-0.25, -0.2) is 18.1 Å². The van der Waals surface area contributed by atoms with Crippen LogP contribution in [0.25, 0.3) is 5.69 Å². The van der Waals surface area contributed by atoms with Crippen LogP contribution in [0, 0.1) is 6.92 Å². The van der Waals surface area contributed by atoms with E-state index in [4.69, 9.17) is 0 Å². The number of hydrogen-bond donors (Lipinski definition) is 1. The second kappa shape index (κ2) is 6.98. The second-order valence-electron chi connectivity index (χ2n) is 5.71. The molecule has 0 bridgehead atoms. The van der Waals surface area contributed by atoms with Crippen LogP contribution in [0.2, 0.25) is 0 Å². The fraction of sp³-hybridized carbons (Fsp3) is 0.167. The molecule has 2 aromatic carbocycles. The fourth-order valence-corrected chi connectivity index (χ4v) is 3.61. The van der Waals surface area contributed by atoms with Crippen LogP contribution in [-0.2, 0) is 22.3 Å². The zero-order chi connectivity index (χ0) is 17.0. The zero-order valence-corrected chi connectivity index (χ0v) is 14.2. The minimum absolute atomic E-state index is 0.0180. The maximum Gasteiger partial charge on any atom is 0.216 e. The molecule has 0 unspecified atom stereocenters. The summed E-state index contributed by atoms with van der Waals surface area (Å²) in [5.74, 6) is -0.0180. The van der Waals surface area contributed by atoms with Crippen LogP contribution in [0.1, 0.15) is 16.7 Å². The van der Waals surface area contributed by atoms with Crippen LogP contribution < -0.4 is 4.72 Å². The van der Waals surface area contributed by atoms with Crippen molar-refractivity contribution in [2.24, 2.45) is 0 Å². The van der Waals surface area contributed by atoms with Crippen LogP contribution in [0.5, 0.6) is 0 Å². The summed E-state index contributed by atoms with van der Waals surface area (Å²) in [5.41, 5.74) is 3.68. The molecule has 0 saturated carbocycles. The SMILES string of the molecule is Cc1cccc(CS(=O)(=O)NCc2cccc(-n3ccnc3)c2)c1. The average molecular weight is 341 g/mol. The van der Waals surface area contributed by atoms with Gasteiger partial charge in [-0.3, -0.25) is 0 Å². The summed E-state index contributed by atoms with van der Waals surface area (Å²) < 4.78 is 29.1. The smallest absolute Gasteiger partial charge is 0.216 e. The highest BCUT2D eigenvalue weighted by atomic mass is 32.2. The summed E-state index contributed by atoms with van der Waals surface area (Å²) in [6.07, 6.45) is 5.26. The Morgan fingerprint density at radius 3 is 2.62 bits per heavy atom. The van der Waals surface area contributed by atoms with Crippen molar-refractivity contribution in [3.05, 3.63) is 83.9 Å². The predicted molar refractivity (Wildman–Crippen MR) is 94.2 cm³/mol. The first-order chi connectivity index (χ1) is 11.5. The Morgan fingerprint density at radius 1 is 1.08 bits per heavy atom. The Kier molecular flexibility index (Phi) is 4.78. The van der Waals surface area contributed by atoms with Crippen molar-refractivity contribution < 1.29 is 8.42 Å². The topological polar surface area (TPSA) is 64.0 Å². The number of aromatic nitrogens is 2. The van der Waals surface area contributed by atoms with Crippen molar-refractivity contribution in [1.29, 1.82) is 0 Å². The highest BCUT2D eigenvalue weighted by molar-refractivity contribution is 7.88. The molecular weight excluding hydrogens is 322 g/mol. The van der Waals surface area contributed by atoms with E-state index in [1.807, 2.05) is 66.2 Å². The van der Waals surface area contributed by atoms with E-state index < -0.39 is 10.0 Å². The van der Waals surface area contributed by atoms with E-state index in [0.717, 1.165) is 22.4 Å². The van der Waals surface area contributed by atoms with Gasteiger partial charge >= 0.3 is 0 Å². The molecule has 5 nitrogen and oxygen atoms in total. The van der Waals surface area contributed by atoms with Gasteiger partial charge in [-0.1, -0.05) is 42.0 Å². The van der Waals surface area contributed by atoms with Crippen LogP contribution in [0.3, 0.4) is 0 Å². The number of hydrogen-bond acceptors (Lipinski definition) is 3. The first-order valence-corrected chi connectivity index (χ1v) is 9.27. The number of benzene rings is 2. The first kappa shape index (κ1) is 16.4. The molecule has 0 radical (unpaired) electrons. The number of aryl methyl sites for hydroxylation is 1. The third kappa shape index (κ3) is 4.31. The van der Waals surface area contributed by atoms with Gasteiger partial charge in [-0.15, -0.1) is 0 Å². The lowest BCUT2D eigenvalue weighted by Gasteiger charge is -2.09. The minimum atomic E-state index is -3.39. The number of rotatable bonds is 6. The summed E-state index contributed by atoms with van der Waals surface area (Å²) >= 11 is 0. The molecule has 0 fully saturated rings. The molecule has 3 rings (SSSR count). The average Bonchev–Trinajstić information content (AvgIpc) is 3.07. The number of nitrogens with one attached hydrogen (secondary N) is 1. The molecule has 0 atom stereocenters. The van der Waals surface area contributed by atoms with E-state index >= 15 is 0 Å². The number of imidazole rings is 1. The lowest BCUT2D eigenvalue weighted by Crippen LogP contribution is -2.24. The Morgan fingerprint density at radius 2 is 1.88 bits per heavy atom. The second-order valence-corrected chi connectivity index (χ2v) is 7.52. The third-order valence-corrected chi connectivity index (χ3v) is 4.95. The monoisotopic (exact) mass is 341 g/mol. The molecular formula is C18H19N3O2S. The normalized spacial score (nSPS) is 11.5. The van der Waals surface area contributed by atoms with Gasteiger partial charge in [0.1, 0.15) is 0 Å². The number of sulfonamides is 1. The van der Waals surface area contributed by atoms with Crippen molar-refractivity contribution in [3.63, 3.8) is 0 Å². The predicted octanol–water partition coefficient (Wildman–Crippen LogP) is 2.80. The summed E-state index contributed by atoms with van der Waals surface area (Å²) in [7, 11) is -3.39. The van der Waals surface area contributed by atoms with Gasteiger partial charge in [0.25, 0.3) is 0 Å². The van der Waals surface area contributed by atoms with Gasteiger partial charge < -0.3 is 4.57 Å². The molecule has 0 saturated heterocycles. The van der Waals surface area contributed by atoms with Gasteiger partial charge in [0.05, 0.1) is 12.1 Å². The molecule has 0 aliphatic carbocycles. The summed E-state index contributed by atoms with van der Waals surface area (Å²) in [4.78, 5) is 4.02. The van der Waals surface area contributed by atoms with Crippen LogP contribution in [-0.4, -0.2) is 18.0 Å². The fourth-order valence-electron chi connectivity index (χ4n) is 2.50. The molecule has 6 heteroatoms. The molecule has 1 heterocycles. The van der Waals surface area contributed by atoms with Gasteiger partial charge in [0.2, 0.25) is 10.0 Å². The summed E-state index contributed by atoms with van der Waals surface area (Å²) in [6, 6.07) is 15.2. The lowest BCUT2D eigenvalue weighted by molar-refractivity contribution is 0.580. The van der Waals surface area contributed by atoms with Crippen LogP contribution in [0.4, 0.5) is 0 Å². The van der Waals surface area contributed by atoms with E-state index in [-0.39, 0.29) is 12.3 Å². The first-order valence-electron chi connectivity index (χ1n) is 7.62. The molecule has 0 aliphatic heterocycles. The Balaban J connectivity index is 1.67. The minimum Gasteiger partial charge on any atom is -0.306 e. The molecule has 1 aromatic heterocycles.